The molecule has 0 N–H and O–H groups in total. The van der Waals surface area contributed by atoms with E-state index in [4.69, 9.17) is 4.42 Å². The van der Waals surface area contributed by atoms with Gasteiger partial charge in [0.1, 0.15) is 11.2 Å². The lowest BCUT2D eigenvalue weighted by molar-refractivity contribution is 0.654. The van der Waals surface area contributed by atoms with Crippen LogP contribution >= 0.6 is 0 Å². The fourth-order valence-electron chi connectivity index (χ4n) is 9.78. The van der Waals surface area contributed by atoms with Crippen LogP contribution in [0.25, 0.3) is 27.5 Å². The van der Waals surface area contributed by atoms with Crippen molar-refractivity contribution in [3.05, 3.63) is 214 Å². The SMILES string of the molecule is C/C=C\C(=C/C)C1=CCC(c2ccc(N(C/C=C\C(=C/CC)C3=C(C)C(C4=C(CC)C=CCC4)CC=C3)C3=CC=C(c4cccc5c4oc4ccccc45)CC3)cc2)C=C1.CC. The molecule has 0 bridgehead atoms. The number of benzene rings is 3. The summed E-state index contributed by atoms with van der Waals surface area (Å²) in [7, 11) is 0. The molecule has 0 amide bonds. The first-order valence-electron chi connectivity index (χ1n) is 23.5. The molecule has 318 valence electrons. The molecule has 3 aromatic carbocycles. The van der Waals surface area contributed by atoms with Gasteiger partial charge in [-0.25, -0.2) is 0 Å². The molecule has 2 nitrogen and oxygen atoms in total. The Kier molecular flexibility index (Phi) is 15.2. The Bertz CT molecular complexity index is 2610. The highest BCUT2D eigenvalue weighted by atomic mass is 16.3. The van der Waals surface area contributed by atoms with Gasteiger partial charge in [-0.2, -0.15) is 0 Å². The van der Waals surface area contributed by atoms with E-state index in [0.717, 1.165) is 62.7 Å². The predicted molar refractivity (Wildman–Crippen MR) is 270 cm³/mol. The second-order valence-corrected chi connectivity index (χ2v) is 16.5. The Morgan fingerprint density at radius 3 is 2.35 bits per heavy atom. The van der Waals surface area contributed by atoms with Crippen molar-refractivity contribution < 1.29 is 4.42 Å². The van der Waals surface area contributed by atoms with Crippen molar-refractivity contribution >= 4 is 33.2 Å². The Morgan fingerprint density at radius 2 is 1.63 bits per heavy atom. The van der Waals surface area contributed by atoms with Gasteiger partial charge in [0.2, 0.25) is 0 Å². The Morgan fingerprint density at radius 1 is 0.806 bits per heavy atom. The molecule has 8 rings (SSSR count). The number of allylic oxidation sites excluding steroid dienone is 23. The van der Waals surface area contributed by atoms with Crippen molar-refractivity contribution in [1.82, 2.24) is 0 Å². The van der Waals surface area contributed by atoms with Gasteiger partial charge in [-0.1, -0.05) is 172 Å². The quantitative estimate of drug-likeness (QED) is 0.125. The minimum Gasteiger partial charge on any atom is -0.455 e. The van der Waals surface area contributed by atoms with E-state index in [1.807, 2.05) is 13.8 Å². The summed E-state index contributed by atoms with van der Waals surface area (Å²) in [6, 6.07) is 24.3. The molecule has 0 saturated carbocycles. The Balaban J connectivity index is 0.00000285. The molecule has 0 fully saturated rings. The average Bonchev–Trinajstić information content (AvgIpc) is 3.72. The minimum absolute atomic E-state index is 0.375. The van der Waals surface area contributed by atoms with E-state index in [1.54, 1.807) is 11.1 Å². The standard InChI is InChI=1S/C58H61NO.C2H6/c1-6-17-42(8-3)44-28-30-45(31-29-44)46-32-36-49(37-33-46)59(50-38-34-48(35-39-50)54-25-15-26-56-55-22-12-13-27-57(55)60-58(54)56)40-16-20-47(18-7-2)51-23-14-24-52(41(51)5)53-21-11-10-19-43(53)9-4;1-2/h6,8,10,12-20,22-23,25-30,32-34,36-38,45,52H,7,9,11,21,24,31,35,39-40H2,1-5H3;1-2H3/b17-6-,20-16-,42-8+,47-18+;. The molecule has 4 aliphatic rings. The smallest absolute Gasteiger partial charge is 0.142 e. The molecular weight excluding hydrogens is 751 g/mol. The highest BCUT2D eigenvalue weighted by molar-refractivity contribution is 6.08. The molecule has 0 saturated heterocycles. The maximum atomic E-state index is 6.47. The summed E-state index contributed by atoms with van der Waals surface area (Å²) >= 11 is 0. The molecule has 2 heteroatoms. The van der Waals surface area contributed by atoms with Gasteiger partial charge in [-0.3, -0.25) is 0 Å². The van der Waals surface area contributed by atoms with Gasteiger partial charge in [-0.15, -0.1) is 0 Å². The topological polar surface area (TPSA) is 16.4 Å². The van der Waals surface area contributed by atoms with Gasteiger partial charge in [0.15, 0.2) is 0 Å². The van der Waals surface area contributed by atoms with E-state index < -0.39 is 0 Å². The van der Waals surface area contributed by atoms with E-state index in [9.17, 15) is 0 Å². The zero-order valence-corrected chi connectivity index (χ0v) is 38.4. The lowest BCUT2D eigenvalue weighted by Gasteiger charge is -2.30. The van der Waals surface area contributed by atoms with Gasteiger partial charge in [0.25, 0.3) is 0 Å². The van der Waals surface area contributed by atoms with E-state index in [1.165, 1.54) is 73.1 Å². The molecule has 2 unspecified atom stereocenters. The first kappa shape index (κ1) is 44.2. The number of nitrogens with zero attached hydrogens (tertiary/aromatic N) is 1. The molecule has 0 spiro atoms. The van der Waals surface area contributed by atoms with Crippen molar-refractivity contribution in [2.45, 2.75) is 106 Å². The lowest BCUT2D eigenvalue weighted by atomic mass is 9.76. The van der Waals surface area contributed by atoms with Crippen LogP contribution in [0, 0.1) is 5.92 Å². The zero-order valence-electron chi connectivity index (χ0n) is 38.4. The van der Waals surface area contributed by atoms with Gasteiger partial charge in [0.05, 0.1) is 0 Å². The van der Waals surface area contributed by atoms with Gasteiger partial charge in [-0.05, 0) is 135 Å². The van der Waals surface area contributed by atoms with Crippen LogP contribution in [0.1, 0.15) is 117 Å². The maximum absolute atomic E-state index is 6.47. The number of rotatable bonds is 13. The number of hydrogen-bond acceptors (Lipinski definition) is 2. The summed E-state index contributed by atoms with van der Waals surface area (Å²) in [4.78, 5) is 2.52. The molecule has 4 aliphatic carbocycles. The normalized spacial score (nSPS) is 19.7. The van der Waals surface area contributed by atoms with Gasteiger partial charge >= 0.3 is 0 Å². The van der Waals surface area contributed by atoms with Crippen LogP contribution < -0.4 is 4.90 Å². The summed E-state index contributed by atoms with van der Waals surface area (Å²) < 4.78 is 6.47. The molecule has 62 heavy (non-hydrogen) atoms. The first-order chi connectivity index (χ1) is 30.5. The zero-order chi connectivity index (χ0) is 43.4. The molecular formula is C60H67NO. The largest absolute Gasteiger partial charge is 0.455 e. The summed E-state index contributed by atoms with van der Waals surface area (Å²) in [5, 5.41) is 2.36. The van der Waals surface area contributed by atoms with Crippen molar-refractivity contribution in [1.29, 1.82) is 0 Å². The number of hydrogen-bond donors (Lipinski definition) is 0. The monoisotopic (exact) mass is 818 g/mol. The summed E-state index contributed by atoms with van der Waals surface area (Å²) in [5.74, 6) is 0.867. The lowest BCUT2D eigenvalue weighted by Crippen LogP contribution is -2.23. The van der Waals surface area contributed by atoms with E-state index in [0.29, 0.717) is 11.8 Å². The molecule has 1 aromatic heterocycles. The van der Waals surface area contributed by atoms with Crippen LogP contribution in [0.4, 0.5) is 5.69 Å². The summed E-state index contributed by atoms with van der Waals surface area (Å²) in [5.41, 5.74) is 18.4. The number of fused-ring (bicyclic) bond motifs is 3. The van der Waals surface area contributed by atoms with Crippen LogP contribution in [0.5, 0.6) is 0 Å². The third-order valence-corrected chi connectivity index (χ3v) is 13.0. The Labute approximate surface area is 372 Å². The van der Waals surface area contributed by atoms with E-state index in [2.05, 4.69) is 197 Å². The third kappa shape index (κ3) is 9.61. The highest BCUT2D eigenvalue weighted by Gasteiger charge is 2.25. The van der Waals surface area contributed by atoms with Gasteiger partial charge in [0, 0.05) is 46.1 Å². The van der Waals surface area contributed by atoms with Crippen LogP contribution in [0.3, 0.4) is 0 Å². The van der Waals surface area contributed by atoms with Crippen molar-refractivity contribution in [2.75, 3.05) is 11.4 Å². The molecule has 1 heterocycles. The third-order valence-electron chi connectivity index (χ3n) is 13.0. The maximum Gasteiger partial charge on any atom is 0.142 e. The van der Waals surface area contributed by atoms with E-state index in [-0.39, 0.29) is 0 Å². The second kappa shape index (κ2) is 21.3. The molecule has 4 aromatic rings. The van der Waals surface area contributed by atoms with Crippen LogP contribution in [0.2, 0.25) is 0 Å². The number of para-hydroxylation sites is 2. The van der Waals surface area contributed by atoms with Crippen LogP contribution in [-0.4, -0.2) is 6.54 Å². The predicted octanol–water partition coefficient (Wildman–Crippen LogP) is 17.5. The average molecular weight is 818 g/mol. The van der Waals surface area contributed by atoms with Crippen molar-refractivity contribution in [3.8, 4) is 0 Å². The van der Waals surface area contributed by atoms with Crippen molar-refractivity contribution in [2.24, 2.45) is 5.92 Å². The Hall–Kier alpha value is -5.86. The van der Waals surface area contributed by atoms with Crippen LogP contribution in [0.15, 0.2) is 207 Å². The molecule has 0 radical (unpaired) electrons. The first-order valence-corrected chi connectivity index (χ1v) is 23.5. The highest BCUT2D eigenvalue weighted by Crippen LogP contribution is 2.41. The van der Waals surface area contributed by atoms with Crippen LogP contribution in [-0.2, 0) is 0 Å². The fourth-order valence-corrected chi connectivity index (χ4v) is 9.78. The minimum atomic E-state index is 0.375. The molecule has 2 atom stereocenters. The number of furan rings is 1. The number of anilines is 1. The summed E-state index contributed by atoms with van der Waals surface area (Å²) in [6.07, 6.45) is 43.5. The van der Waals surface area contributed by atoms with Gasteiger partial charge < -0.3 is 9.32 Å². The fraction of sp³-hybridized carbons (Fsp3) is 0.300. The van der Waals surface area contributed by atoms with E-state index >= 15 is 0 Å². The van der Waals surface area contributed by atoms with Crippen molar-refractivity contribution in [3.63, 3.8) is 0 Å². The second-order valence-electron chi connectivity index (χ2n) is 16.5. The molecule has 0 aliphatic heterocycles. The summed E-state index contributed by atoms with van der Waals surface area (Å²) in [6.45, 7) is 15.9.